The lowest BCUT2D eigenvalue weighted by Gasteiger charge is -2.38. The lowest BCUT2D eigenvalue weighted by molar-refractivity contribution is -0.110. The van der Waals surface area contributed by atoms with Crippen LogP contribution < -0.4 is 0 Å². The summed E-state index contributed by atoms with van der Waals surface area (Å²) in [6, 6.07) is 0. The van der Waals surface area contributed by atoms with Crippen LogP contribution >= 0.6 is 0 Å². The minimum Gasteiger partial charge on any atom is -0.391 e. The summed E-state index contributed by atoms with van der Waals surface area (Å²) >= 11 is 0. The van der Waals surface area contributed by atoms with E-state index in [1.165, 1.54) is 5.57 Å². The van der Waals surface area contributed by atoms with Crippen LogP contribution in [0.2, 0.25) is 0 Å². The molecule has 0 radical (unpaired) electrons. The lowest BCUT2D eigenvalue weighted by Crippen LogP contribution is -2.43. The van der Waals surface area contributed by atoms with Gasteiger partial charge in [0.15, 0.2) is 0 Å². The van der Waals surface area contributed by atoms with Crippen molar-refractivity contribution in [3.63, 3.8) is 0 Å². The maximum Gasteiger partial charge on any atom is 0.0859 e. The van der Waals surface area contributed by atoms with Gasteiger partial charge in [0.05, 0.1) is 30.5 Å². The van der Waals surface area contributed by atoms with E-state index in [-0.39, 0.29) is 12.5 Å². The maximum absolute atomic E-state index is 10.7. The predicted molar refractivity (Wildman–Crippen MR) is 79.4 cm³/mol. The first-order valence-corrected chi connectivity index (χ1v) is 7.58. The monoisotopic (exact) mass is 286 g/mol. The summed E-state index contributed by atoms with van der Waals surface area (Å²) in [6.45, 7) is 7.43. The fourth-order valence-corrected chi connectivity index (χ4v) is 2.74. The van der Waals surface area contributed by atoms with E-state index in [1.54, 1.807) is 13.8 Å². The number of hydrogen-bond acceptors (Lipinski definition) is 4. The molecule has 0 fully saturated rings. The summed E-state index contributed by atoms with van der Waals surface area (Å²) in [5.41, 5.74) is 0.520. The van der Waals surface area contributed by atoms with Crippen molar-refractivity contribution in [3.05, 3.63) is 11.6 Å². The lowest BCUT2D eigenvalue weighted by atomic mass is 9.75. The van der Waals surface area contributed by atoms with Gasteiger partial charge in [0, 0.05) is 6.42 Å². The molecule has 0 amide bonds. The average Bonchev–Trinajstić information content (AvgIpc) is 2.34. The van der Waals surface area contributed by atoms with Crippen molar-refractivity contribution < 1.29 is 20.1 Å². The van der Waals surface area contributed by atoms with Crippen LogP contribution in [0.3, 0.4) is 0 Å². The molecule has 1 aliphatic carbocycles. The molecule has 0 spiro atoms. The standard InChI is InChI=1S/C16H30O4/c1-11-5-7-14(8-6-11)16(4,19)9-15(13(3)18)20-10-12(2)17/h5,12-15,17-19H,6-10H2,1-4H3. The molecule has 1 aliphatic rings. The second-order valence-corrected chi connectivity index (χ2v) is 6.54. The predicted octanol–water partition coefficient (Wildman–Crippen LogP) is 2.02. The molecule has 0 saturated heterocycles. The highest BCUT2D eigenvalue weighted by Crippen LogP contribution is 2.35. The molecule has 0 bridgehead atoms. The highest BCUT2D eigenvalue weighted by atomic mass is 16.5. The van der Waals surface area contributed by atoms with E-state index in [1.807, 2.05) is 6.92 Å². The molecule has 0 aromatic heterocycles. The van der Waals surface area contributed by atoms with E-state index in [0.29, 0.717) is 6.42 Å². The minimum atomic E-state index is -0.864. The van der Waals surface area contributed by atoms with Gasteiger partial charge in [-0.05, 0) is 52.9 Å². The van der Waals surface area contributed by atoms with Gasteiger partial charge in [0.2, 0.25) is 0 Å². The van der Waals surface area contributed by atoms with Crippen LogP contribution in [0.1, 0.15) is 53.4 Å². The third-order valence-electron chi connectivity index (χ3n) is 4.22. The molecule has 4 heteroatoms. The van der Waals surface area contributed by atoms with Gasteiger partial charge in [-0.2, -0.15) is 0 Å². The molecule has 3 N–H and O–H groups in total. The zero-order chi connectivity index (χ0) is 15.3. The third kappa shape index (κ3) is 5.52. The molecule has 5 atom stereocenters. The number of rotatable bonds is 7. The van der Waals surface area contributed by atoms with Gasteiger partial charge >= 0.3 is 0 Å². The highest BCUT2D eigenvalue weighted by molar-refractivity contribution is 5.06. The van der Waals surface area contributed by atoms with Crippen molar-refractivity contribution >= 4 is 0 Å². The number of aliphatic hydroxyl groups excluding tert-OH is 2. The van der Waals surface area contributed by atoms with Crippen LogP contribution in [-0.2, 0) is 4.74 Å². The summed E-state index contributed by atoms with van der Waals surface area (Å²) in [4.78, 5) is 0. The zero-order valence-corrected chi connectivity index (χ0v) is 13.2. The molecule has 20 heavy (non-hydrogen) atoms. The molecule has 4 nitrogen and oxygen atoms in total. The third-order valence-corrected chi connectivity index (χ3v) is 4.22. The Bertz CT molecular complexity index is 320. The molecular formula is C16H30O4. The second-order valence-electron chi connectivity index (χ2n) is 6.54. The van der Waals surface area contributed by atoms with Crippen LogP contribution in [-0.4, -0.2) is 45.8 Å². The smallest absolute Gasteiger partial charge is 0.0859 e. The Balaban J connectivity index is 2.61. The van der Waals surface area contributed by atoms with Crippen LogP contribution in [0.15, 0.2) is 11.6 Å². The topological polar surface area (TPSA) is 69.9 Å². The normalized spacial score (nSPS) is 27.4. The van der Waals surface area contributed by atoms with Gasteiger partial charge in [0.25, 0.3) is 0 Å². The van der Waals surface area contributed by atoms with Gasteiger partial charge < -0.3 is 20.1 Å². The Morgan fingerprint density at radius 2 is 2.05 bits per heavy atom. The Morgan fingerprint density at radius 1 is 1.40 bits per heavy atom. The van der Waals surface area contributed by atoms with E-state index >= 15 is 0 Å². The van der Waals surface area contributed by atoms with E-state index in [9.17, 15) is 15.3 Å². The van der Waals surface area contributed by atoms with Gasteiger partial charge in [-0.1, -0.05) is 11.6 Å². The first-order chi connectivity index (χ1) is 9.22. The molecule has 0 saturated carbocycles. The summed E-state index contributed by atoms with van der Waals surface area (Å²) in [5.74, 6) is 0.197. The van der Waals surface area contributed by atoms with Gasteiger partial charge in [-0.3, -0.25) is 0 Å². The quantitative estimate of drug-likeness (QED) is 0.626. The molecule has 118 valence electrons. The van der Waals surface area contributed by atoms with E-state index in [0.717, 1.165) is 19.3 Å². The SMILES string of the molecule is CC1=CCC(C(C)(O)CC(OCC(C)O)C(C)O)CC1. The van der Waals surface area contributed by atoms with Crippen molar-refractivity contribution in [3.8, 4) is 0 Å². The van der Waals surface area contributed by atoms with Gasteiger partial charge in [-0.25, -0.2) is 0 Å². The number of aliphatic hydroxyl groups is 3. The van der Waals surface area contributed by atoms with Crippen LogP contribution in [0.5, 0.6) is 0 Å². The van der Waals surface area contributed by atoms with Gasteiger partial charge in [-0.15, -0.1) is 0 Å². The van der Waals surface area contributed by atoms with Crippen LogP contribution in [0.25, 0.3) is 0 Å². The summed E-state index contributed by atoms with van der Waals surface area (Å²) in [7, 11) is 0. The van der Waals surface area contributed by atoms with Crippen molar-refractivity contribution in [2.75, 3.05) is 6.61 Å². The highest BCUT2D eigenvalue weighted by Gasteiger charge is 2.36. The largest absolute Gasteiger partial charge is 0.391 e. The fourth-order valence-electron chi connectivity index (χ4n) is 2.74. The number of allylic oxidation sites excluding steroid dienone is 2. The summed E-state index contributed by atoms with van der Waals surface area (Å²) in [6.07, 6.45) is 3.76. The summed E-state index contributed by atoms with van der Waals surface area (Å²) in [5, 5.41) is 29.8. The van der Waals surface area contributed by atoms with Crippen molar-refractivity contribution in [1.29, 1.82) is 0 Å². The average molecular weight is 286 g/mol. The van der Waals surface area contributed by atoms with Crippen molar-refractivity contribution in [1.82, 2.24) is 0 Å². The Hall–Kier alpha value is -0.420. The molecular weight excluding hydrogens is 256 g/mol. The van der Waals surface area contributed by atoms with Crippen LogP contribution in [0.4, 0.5) is 0 Å². The first kappa shape index (κ1) is 17.6. The van der Waals surface area contributed by atoms with Crippen LogP contribution in [0, 0.1) is 5.92 Å². The molecule has 0 aromatic rings. The fraction of sp³-hybridized carbons (Fsp3) is 0.875. The number of ether oxygens (including phenoxy) is 1. The molecule has 0 heterocycles. The molecule has 0 aliphatic heterocycles. The van der Waals surface area contributed by atoms with Crippen molar-refractivity contribution in [2.24, 2.45) is 5.92 Å². The Morgan fingerprint density at radius 3 is 2.50 bits per heavy atom. The van der Waals surface area contributed by atoms with E-state index in [2.05, 4.69) is 13.0 Å². The van der Waals surface area contributed by atoms with Gasteiger partial charge in [0.1, 0.15) is 0 Å². The second kappa shape index (κ2) is 7.55. The van der Waals surface area contributed by atoms with E-state index < -0.39 is 23.9 Å². The Kier molecular flexibility index (Phi) is 6.65. The molecule has 5 unspecified atom stereocenters. The van der Waals surface area contributed by atoms with E-state index in [4.69, 9.17) is 4.74 Å². The Labute approximate surface area is 122 Å². The molecule has 1 rings (SSSR count). The summed E-state index contributed by atoms with van der Waals surface area (Å²) < 4.78 is 5.54. The first-order valence-electron chi connectivity index (χ1n) is 7.58. The maximum atomic E-state index is 10.7. The zero-order valence-electron chi connectivity index (χ0n) is 13.2. The molecule has 0 aromatic carbocycles. The number of hydrogen-bond donors (Lipinski definition) is 3. The van der Waals surface area contributed by atoms with Crippen molar-refractivity contribution in [2.45, 2.75) is 77.3 Å². The minimum absolute atomic E-state index is 0.176.